The monoisotopic (exact) mass is 430 g/mol. The summed E-state index contributed by atoms with van der Waals surface area (Å²) < 4.78 is 40.1. The highest BCUT2D eigenvalue weighted by atomic mass is 19.4. The van der Waals surface area contributed by atoms with Crippen molar-refractivity contribution in [2.75, 3.05) is 37.7 Å². The minimum Gasteiger partial charge on any atom is -0.396 e. The van der Waals surface area contributed by atoms with Gasteiger partial charge >= 0.3 is 6.18 Å². The third kappa shape index (κ3) is 3.83. The van der Waals surface area contributed by atoms with Gasteiger partial charge in [0.1, 0.15) is 5.69 Å². The third-order valence-corrected chi connectivity index (χ3v) is 6.35. The average Bonchev–Trinajstić information content (AvgIpc) is 3.17. The Labute approximate surface area is 177 Å². The fourth-order valence-corrected chi connectivity index (χ4v) is 4.69. The molecule has 162 valence electrons. The fraction of sp³-hybridized carbons (Fsp3) is 0.409. The number of aliphatic hydroxyl groups is 1. The molecule has 2 atom stereocenters. The first-order chi connectivity index (χ1) is 14.8. The number of hydrogen-bond acceptors (Lipinski definition) is 5. The molecular weight excluding hydrogens is 409 g/mol. The molecule has 0 bridgehead atoms. The first-order valence-corrected chi connectivity index (χ1v) is 9.95. The van der Waals surface area contributed by atoms with Gasteiger partial charge in [0, 0.05) is 43.5 Å². The van der Waals surface area contributed by atoms with Gasteiger partial charge in [0.2, 0.25) is 0 Å². The van der Waals surface area contributed by atoms with Crippen molar-refractivity contribution in [3.05, 3.63) is 59.4 Å². The Balaban J connectivity index is 1.59. The summed E-state index contributed by atoms with van der Waals surface area (Å²) >= 11 is 0. The Hall–Kier alpha value is -3.12. The van der Waals surface area contributed by atoms with Gasteiger partial charge in [0.05, 0.1) is 23.8 Å². The minimum absolute atomic E-state index is 0.0373. The fourth-order valence-electron chi connectivity index (χ4n) is 4.69. The molecule has 0 unspecified atom stereocenters. The summed E-state index contributed by atoms with van der Waals surface area (Å²) in [6.45, 7) is 1.43. The van der Waals surface area contributed by atoms with Crippen molar-refractivity contribution in [1.29, 1.82) is 5.26 Å². The van der Waals surface area contributed by atoms with Crippen molar-refractivity contribution in [3.8, 4) is 6.07 Å². The number of piperidine rings is 1. The average molecular weight is 430 g/mol. The van der Waals surface area contributed by atoms with Gasteiger partial charge in [-0.15, -0.1) is 0 Å². The van der Waals surface area contributed by atoms with Gasteiger partial charge in [-0.25, -0.2) is 0 Å². The van der Waals surface area contributed by atoms with Crippen LogP contribution < -0.4 is 4.90 Å². The molecule has 0 spiro atoms. The number of fused-ring (bicyclic) bond motifs is 1. The number of halogens is 3. The van der Waals surface area contributed by atoms with E-state index in [1.165, 1.54) is 12.1 Å². The van der Waals surface area contributed by atoms with Crippen LogP contribution in [0.5, 0.6) is 0 Å². The van der Waals surface area contributed by atoms with Gasteiger partial charge in [-0.05, 0) is 42.7 Å². The lowest BCUT2D eigenvalue weighted by molar-refractivity contribution is -0.137. The van der Waals surface area contributed by atoms with Crippen LogP contribution in [-0.4, -0.2) is 53.7 Å². The molecule has 0 radical (unpaired) electrons. The number of rotatable bonds is 3. The SMILES string of the molecule is N#Cc1ccc(N2C[C@@H]3CCN(C(=O)c4ccccn4)C[C@]3(CO)C2)cc1C(F)(F)F. The molecular formula is C22H21F3N4O2. The van der Waals surface area contributed by atoms with E-state index in [4.69, 9.17) is 5.26 Å². The lowest BCUT2D eigenvalue weighted by Crippen LogP contribution is -2.52. The van der Waals surface area contributed by atoms with Crippen molar-refractivity contribution in [2.24, 2.45) is 11.3 Å². The Bertz CT molecular complexity index is 1020. The van der Waals surface area contributed by atoms with E-state index in [2.05, 4.69) is 4.98 Å². The zero-order valence-electron chi connectivity index (χ0n) is 16.6. The molecule has 2 aliphatic rings. The number of nitrogens with zero attached hydrogens (tertiary/aromatic N) is 4. The molecule has 2 aromatic rings. The molecule has 4 rings (SSSR count). The second kappa shape index (κ2) is 7.85. The zero-order chi connectivity index (χ0) is 22.2. The number of alkyl halides is 3. The maximum Gasteiger partial charge on any atom is 0.417 e. The number of aliphatic hydroxyl groups excluding tert-OH is 1. The highest BCUT2D eigenvalue weighted by Crippen LogP contribution is 2.44. The highest BCUT2D eigenvalue weighted by Gasteiger charge is 2.50. The zero-order valence-corrected chi connectivity index (χ0v) is 16.6. The molecule has 0 aliphatic carbocycles. The molecule has 1 aromatic carbocycles. The Morgan fingerprint density at radius 1 is 1.29 bits per heavy atom. The van der Waals surface area contributed by atoms with E-state index >= 15 is 0 Å². The lowest BCUT2D eigenvalue weighted by Gasteiger charge is -2.42. The standard InChI is InChI=1S/C22H21F3N4O2/c23-22(24,25)18-9-17(5-4-15(18)10-26)29-11-16-6-8-28(12-21(16,13-29)14-30)20(31)19-3-1-2-7-27-19/h1-5,7,9,16,30H,6,8,11-14H2/t16-,21+/m0/s1. The number of anilines is 1. The summed E-state index contributed by atoms with van der Waals surface area (Å²) in [6.07, 6.45) is -2.45. The second-order valence-corrected chi connectivity index (χ2v) is 8.17. The van der Waals surface area contributed by atoms with Gasteiger partial charge in [0.25, 0.3) is 5.91 Å². The number of amides is 1. The van der Waals surface area contributed by atoms with Crippen LogP contribution in [0.4, 0.5) is 18.9 Å². The predicted molar refractivity (Wildman–Crippen MR) is 106 cm³/mol. The van der Waals surface area contributed by atoms with E-state index in [9.17, 15) is 23.1 Å². The molecule has 1 amide bonds. The molecule has 1 aromatic heterocycles. The number of aromatic nitrogens is 1. The lowest BCUT2D eigenvalue weighted by atomic mass is 9.74. The Kier molecular flexibility index (Phi) is 5.35. The molecule has 3 heterocycles. The van der Waals surface area contributed by atoms with E-state index < -0.39 is 22.7 Å². The van der Waals surface area contributed by atoms with E-state index in [0.717, 1.165) is 6.07 Å². The second-order valence-electron chi connectivity index (χ2n) is 8.17. The van der Waals surface area contributed by atoms with Crippen LogP contribution in [0.1, 0.15) is 28.0 Å². The third-order valence-electron chi connectivity index (χ3n) is 6.35. The number of benzene rings is 1. The van der Waals surface area contributed by atoms with Crippen LogP contribution in [0.15, 0.2) is 42.6 Å². The molecule has 31 heavy (non-hydrogen) atoms. The predicted octanol–water partition coefficient (Wildman–Crippen LogP) is 2.93. The summed E-state index contributed by atoms with van der Waals surface area (Å²) in [6, 6.07) is 10.4. The van der Waals surface area contributed by atoms with Crippen LogP contribution in [0.25, 0.3) is 0 Å². The van der Waals surface area contributed by atoms with E-state index in [-0.39, 0.29) is 18.4 Å². The first kappa shape index (κ1) is 21.1. The van der Waals surface area contributed by atoms with Gasteiger partial charge in [-0.2, -0.15) is 18.4 Å². The Morgan fingerprint density at radius 3 is 2.74 bits per heavy atom. The summed E-state index contributed by atoms with van der Waals surface area (Å²) in [5.41, 5.74) is -1.33. The maximum atomic E-state index is 13.4. The van der Waals surface area contributed by atoms with Crippen molar-refractivity contribution in [2.45, 2.75) is 12.6 Å². The van der Waals surface area contributed by atoms with Crippen LogP contribution in [-0.2, 0) is 6.18 Å². The number of hydrogen-bond donors (Lipinski definition) is 1. The van der Waals surface area contributed by atoms with Gasteiger partial charge in [-0.3, -0.25) is 9.78 Å². The molecule has 2 fully saturated rings. The van der Waals surface area contributed by atoms with Gasteiger partial charge in [0.15, 0.2) is 0 Å². The maximum absolute atomic E-state index is 13.4. The molecule has 1 N–H and O–H groups in total. The molecule has 6 nitrogen and oxygen atoms in total. The number of likely N-dealkylation sites (tertiary alicyclic amines) is 1. The van der Waals surface area contributed by atoms with Crippen molar-refractivity contribution in [3.63, 3.8) is 0 Å². The van der Waals surface area contributed by atoms with E-state index in [1.807, 2.05) is 4.90 Å². The topological polar surface area (TPSA) is 80.5 Å². The normalized spacial score (nSPS) is 23.4. The summed E-state index contributed by atoms with van der Waals surface area (Å²) in [4.78, 5) is 20.4. The summed E-state index contributed by atoms with van der Waals surface area (Å²) in [5.74, 6) is -0.182. The van der Waals surface area contributed by atoms with Crippen LogP contribution in [0, 0.1) is 22.7 Å². The van der Waals surface area contributed by atoms with Crippen LogP contribution >= 0.6 is 0 Å². The highest BCUT2D eigenvalue weighted by molar-refractivity contribution is 5.92. The van der Waals surface area contributed by atoms with Crippen LogP contribution in [0.3, 0.4) is 0 Å². The van der Waals surface area contributed by atoms with Gasteiger partial charge in [-0.1, -0.05) is 6.07 Å². The first-order valence-electron chi connectivity index (χ1n) is 9.95. The molecule has 2 aliphatic heterocycles. The van der Waals surface area contributed by atoms with Crippen molar-refractivity contribution < 1.29 is 23.1 Å². The molecule has 0 saturated carbocycles. The molecule has 9 heteroatoms. The summed E-state index contributed by atoms with van der Waals surface area (Å²) in [5, 5.41) is 19.3. The van der Waals surface area contributed by atoms with Crippen molar-refractivity contribution >= 4 is 11.6 Å². The largest absolute Gasteiger partial charge is 0.417 e. The smallest absolute Gasteiger partial charge is 0.396 e. The molecule has 2 saturated heterocycles. The number of carbonyl (C=O) groups excluding carboxylic acids is 1. The summed E-state index contributed by atoms with van der Waals surface area (Å²) in [7, 11) is 0. The van der Waals surface area contributed by atoms with Crippen molar-refractivity contribution in [1.82, 2.24) is 9.88 Å². The Morgan fingerprint density at radius 2 is 2.10 bits per heavy atom. The number of pyridine rings is 1. The number of nitriles is 1. The quantitative estimate of drug-likeness (QED) is 0.810. The van der Waals surface area contributed by atoms with E-state index in [1.54, 1.807) is 35.4 Å². The van der Waals surface area contributed by atoms with E-state index in [0.29, 0.717) is 44.0 Å². The van der Waals surface area contributed by atoms with Gasteiger partial charge < -0.3 is 14.9 Å². The minimum atomic E-state index is -4.63. The number of carbonyl (C=O) groups is 1. The van der Waals surface area contributed by atoms with Crippen LogP contribution in [0.2, 0.25) is 0 Å².